The van der Waals surface area contributed by atoms with Crippen LogP contribution in [0.15, 0.2) is 18.3 Å². The number of carbonyl (C=O) groups excluding carboxylic acids is 1. The summed E-state index contributed by atoms with van der Waals surface area (Å²) >= 11 is 0. The molecule has 1 heterocycles. The number of sulfonamides is 1. The van der Waals surface area contributed by atoms with E-state index in [4.69, 9.17) is 10.2 Å². The van der Waals surface area contributed by atoms with E-state index in [1.165, 1.54) is 12.3 Å². The van der Waals surface area contributed by atoms with Crippen LogP contribution >= 0.6 is 0 Å². The van der Waals surface area contributed by atoms with Crippen LogP contribution in [0.25, 0.3) is 0 Å². The zero-order chi connectivity index (χ0) is 15.7. The SMILES string of the molecule is NS(=O)(=O)CCCNC(=O)c1ccc(C#CCCO)cn1. The second-order valence-electron chi connectivity index (χ2n) is 4.18. The molecule has 0 atom stereocenters. The van der Waals surface area contributed by atoms with E-state index in [1.807, 2.05) is 0 Å². The molecular formula is C13H17N3O4S. The van der Waals surface area contributed by atoms with Crippen molar-refractivity contribution in [3.63, 3.8) is 0 Å². The fourth-order valence-electron chi connectivity index (χ4n) is 1.39. The molecule has 1 aromatic heterocycles. The number of pyridine rings is 1. The Bertz CT molecular complexity index is 630. The molecule has 1 amide bonds. The third-order valence-corrected chi connectivity index (χ3v) is 3.21. The lowest BCUT2D eigenvalue weighted by Crippen LogP contribution is -2.27. The van der Waals surface area contributed by atoms with Gasteiger partial charge in [-0.15, -0.1) is 0 Å². The van der Waals surface area contributed by atoms with Gasteiger partial charge < -0.3 is 10.4 Å². The van der Waals surface area contributed by atoms with Gasteiger partial charge in [-0.05, 0) is 18.6 Å². The molecule has 0 fully saturated rings. The van der Waals surface area contributed by atoms with E-state index in [0.29, 0.717) is 12.0 Å². The van der Waals surface area contributed by atoms with Crippen molar-refractivity contribution in [2.24, 2.45) is 5.14 Å². The first-order valence-electron chi connectivity index (χ1n) is 6.27. The third-order valence-electron chi connectivity index (χ3n) is 2.36. The number of nitrogens with one attached hydrogen (secondary N) is 1. The lowest BCUT2D eigenvalue weighted by molar-refractivity contribution is 0.0948. The highest BCUT2D eigenvalue weighted by atomic mass is 32.2. The lowest BCUT2D eigenvalue weighted by atomic mass is 10.2. The molecule has 7 nitrogen and oxygen atoms in total. The molecule has 0 aliphatic heterocycles. The Kier molecular flexibility index (Phi) is 6.81. The Morgan fingerprint density at radius 3 is 2.76 bits per heavy atom. The van der Waals surface area contributed by atoms with Gasteiger partial charge in [0.05, 0.1) is 12.4 Å². The molecular weight excluding hydrogens is 294 g/mol. The first-order chi connectivity index (χ1) is 9.92. The van der Waals surface area contributed by atoms with E-state index in [-0.39, 0.29) is 36.9 Å². The Morgan fingerprint density at radius 1 is 1.43 bits per heavy atom. The first-order valence-corrected chi connectivity index (χ1v) is 7.98. The van der Waals surface area contributed by atoms with Crippen LogP contribution in [-0.4, -0.2) is 43.3 Å². The highest BCUT2D eigenvalue weighted by Gasteiger charge is 2.07. The van der Waals surface area contributed by atoms with E-state index < -0.39 is 10.0 Å². The molecule has 0 unspecified atom stereocenters. The van der Waals surface area contributed by atoms with Crippen LogP contribution in [0.1, 0.15) is 28.9 Å². The number of carbonyl (C=O) groups is 1. The summed E-state index contributed by atoms with van der Waals surface area (Å²) in [5, 5.41) is 16.0. The van der Waals surface area contributed by atoms with Gasteiger partial charge in [-0.1, -0.05) is 11.8 Å². The maximum Gasteiger partial charge on any atom is 0.269 e. The molecule has 21 heavy (non-hydrogen) atoms. The Labute approximate surface area is 123 Å². The quantitative estimate of drug-likeness (QED) is 0.470. The molecule has 0 aromatic carbocycles. The smallest absolute Gasteiger partial charge is 0.269 e. The summed E-state index contributed by atoms with van der Waals surface area (Å²) in [5.41, 5.74) is 0.868. The lowest BCUT2D eigenvalue weighted by Gasteiger charge is -2.04. The summed E-state index contributed by atoms with van der Waals surface area (Å²) < 4.78 is 21.4. The molecule has 0 saturated heterocycles. The summed E-state index contributed by atoms with van der Waals surface area (Å²) in [5.74, 6) is 4.97. The van der Waals surface area contributed by atoms with Crippen LogP contribution in [0.2, 0.25) is 0 Å². The minimum Gasteiger partial charge on any atom is -0.395 e. The maximum atomic E-state index is 11.7. The standard InChI is InChI=1S/C13H17N3O4S/c14-21(19,20)9-3-7-15-13(18)12-6-5-11(10-16-12)4-1-2-8-17/h5-6,10,17H,2-3,7-9H2,(H,15,18)(H2,14,19,20). The van der Waals surface area contributed by atoms with Crippen LogP contribution in [0.3, 0.4) is 0 Å². The van der Waals surface area contributed by atoms with Crippen molar-refractivity contribution in [2.45, 2.75) is 12.8 Å². The number of rotatable bonds is 6. The summed E-state index contributed by atoms with van der Waals surface area (Å²) in [7, 11) is -3.50. The van der Waals surface area contributed by atoms with Crippen molar-refractivity contribution in [2.75, 3.05) is 18.9 Å². The average molecular weight is 311 g/mol. The van der Waals surface area contributed by atoms with Crippen molar-refractivity contribution >= 4 is 15.9 Å². The van der Waals surface area contributed by atoms with Crippen LogP contribution in [-0.2, 0) is 10.0 Å². The number of amides is 1. The third kappa shape index (κ3) is 7.41. The number of aliphatic hydroxyl groups excluding tert-OH is 1. The summed E-state index contributed by atoms with van der Waals surface area (Å²) in [6.07, 6.45) is 2.09. The Balaban J connectivity index is 2.47. The second kappa shape index (κ2) is 8.36. The van der Waals surface area contributed by atoms with Crippen LogP contribution in [0.4, 0.5) is 0 Å². The van der Waals surface area contributed by atoms with E-state index in [2.05, 4.69) is 22.1 Å². The van der Waals surface area contributed by atoms with Gasteiger partial charge in [0.15, 0.2) is 0 Å². The molecule has 0 spiro atoms. The molecule has 0 aliphatic carbocycles. The number of hydrogen-bond donors (Lipinski definition) is 3. The van der Waals surface area contributed by atoms with Crippen LogP contribution in [0.5, 0.6) is 0 Å². The molecule has 4 N–H and O–H groups in total. The topological polar surface area (TPSA) is 122 Å². The predicted molar refractivity (Wildman–Crippen MR) is 77.7 cm³/mol. The van der Waals surface area contributed by atoms with E-state index in [1.54, 1.807) is 6.07 Å². The zero-order valence-corrected chi connectivity index (χ0v) is 12.2. The Morgan fingerprint density at radius 2 is 2.19 bits per heavy atom. The zero-order valence-electron chi connectivity index (χ0n) is 11.4. The average Bonchev–Trinajstić information content (AvgIpc) is 2.43. The van der Waals surface area contributed by atoms with Crippen molar-refractivity contribution in [3.8, 4) is 11.8 Å². The second-order valence-corrected chi connectivity index (χ2v) is 5.92. The highest BCUT2D eigenvalue weighted by Crippen LogP contribution is 1.99. The fraction of sp³-hybridized carbons (Fsp3) is 0.385. The molecule has 0 radical (unpaired) electrons. The summed E-state index contributed by atoms with van der Waals surface area (Å²) in [6.45, 7) is 0.203. The molecule has 1 rings (SSSR count). The first kappa shape index (κ1) is 17.1. The maximum absolute atomic E-state index is 11.7. The molecule has 8 heteroatoms. The molecule has 114 valence electrons. The fourth-order valence-corrected chi connectivity index (χ4v) is 1.94. The number of nitrogens with zero attached hydrogens (tertiary/aromatic N) is 1. The van der Waals surface area contributed by atoms with E-state index in [0.717, 1.165) is 0 Å². The van der Waals surface area contributed by atoms with Gasteiger partial charge in [0.1, 0.15) is 5.69 Å². The van der Waals surface area contributed by atoms with Gasteiger partial charge in [0, 0.05) is 24.7 Å². The van der Waals surface area contributed by atoms with E-state index >= 15 is 0 Å². The van der Waals surface area contributed by atoms with Crippen molar-refractivity contribution in [3.05, 3.63) is 29.6 Å². The van der Waals surface area contributed by atoms with E-state index in [9.17, 15) is 13.2 Å². The van der Waals surface area contributed by atoms with Crippen LogP contribution in [0, 0.1) is 11.8 Å². The molecule has 1 aromatic rings. The number of hydrogen-bond acceptors (Lipinski definition) is 5. The molecule has 0 bridgehead atoms. The van der Waals surface area contributed by atoms with Crippen molar-refractivity contribution in [1.82, 2.24) is 10.3 Å². The predicted octanol–water partition coefficient (Wildman–Crippen LogP) is -0.776. The minimum atomic E-state index is -3.50. The van der Waals surface area contributed by atoms with Crippen LogP contribution < -0.4 is 10.5 Å². The monoisotopic (exact) mass is 311 g/mol. The van der Waals surface area contributed by atoms with Gasteiger partial charge in [-0.25, -0.2) is 18.5 Å². The Hall–Kier alpha value is -1.95. The number of aromatic nitrogens is 1. The largest absolute Gasteiger partial charge is 0.395 e. The number of primary sulfonamides is 1. The number of nitrogens with two attached hydrogens (primary N) is 1. The summed E-state index contributed by atoms with van der Waals surface area (Å²) in [6, 6.07) is 3.18. The molecule has 0 aliphatic rings. The molecule has 0 saturated carbocycles. The summed E-state index contributed by atoms with van der Waals surface area (Å²) in [4.78, 5) is 15.7. The highest BCUT2D eigenvalue weighted by molar-refractivity contribution is 7.89. The van der Waals surface area contributed by atoms with Gasteiger partial charge in [-0.3, -0.25) is 4.79 Å². The van der Waals surface area contributed by atoms with Gasteiger partial charge in [0.25, 0.3) is 5.91 Å². The normalized spacial score (nSPS) is 10.6. The number of aliphatic hydroxyl groups is 1. The van der Waals surface area contributed by atoms with Gasteiger partial charge >= 0.3 is 0 Å². The minimum absolute atomic E-state index is 0.000557. The van der Waals surface area contributed by atoms with Gasteiger partial charge in [0.2, 0.25) is 10.0 Å². The van der Waals surface area contributed by atoms with Crippen molar-refractivity contribution < 1.29 is 18.3 Å². The van der Waals surface area contributed by atoms with Gasteiger partial charge in [-0.2, -0.15) is 0 Å². The van der Waals surface area contributed by atoms with Crippen molar-refractivity contribution in [1.29, 1.82) is 0 Å².